The fourth-order valence-electron chi connectivity index (χ4n) is 3.64. The zero-order valence-corrected chi connectivity index (χ0v) is 16.1. The normalized spacial score (nSPS) is 16.2. The number of nitrogens with zero attached hydrogens (tertiary/aromatic N) is 4. The summed E-state index contributed by atoms with van der Waals surface area (Å²) in [6, 6.07) is 7.98. The maximum absolute atomic E-state index is 12.6. The zero-order valence-electron chi connectivity index (χ0n) is 16.1. The van der Waals surface area contributed by atoms with Crippen molar-refractivity contribution in [2.24, 2.45) is 0 Å². The monoisotopic (exact) mass is 357 g/mol. The van der Waals surface area contributed by atoms with E-state index >= 15 is 0 Å². The van der Waals surface area contributed by atoms with Gasteiger partial charge in [0.2, 0.25) is 0 Å². The van der Waals surface area contributed by atoms with Crippen molar-refractivity contribution in [1.82, 2.24) is 24.9 Å². The van der Waals surface area contributed by atoms with Crippen LogP contribution in [0.5, 0.6) is 0 Å². The average Bonchev–Trinajstić information content (AvgIpc) is 3.03. The number of para-hydroxylation sites is 1. The number of aryl methyl sites for hydroxylation is 1. The molecule has 1 aromatic heterocycles. The number of hydrogen-bond donors (Lipinski definition) is 1. The average molecular weight is 358 g/mol. The Morgan fingerprint density at radius 3 is 2.35 bits per heavy atom. The minimum absolute atomic E-state index is 0.0688. The van der Waals surface area contributed by atoms with Gasteiger partial charge in [-0.2, -0.15) is 5.10 Å². The summed E-state index contributed by atoms with van der Waals surface area (Å²) in [6.45, 7) is 12.4. The summed E-state index contributed by atoms with van der Waals surface area (Å²) in [5.41, 5.74) is 1.58. The van der Waals surface area contributed by atoms with Crippen LogP contribution in [0.2, 0.25) is 0 Å². The van der Waals surface area contributed by atoms with Gasteiger partial charge in [-0.25, -0.2) is 0 Å². The summed E-state index contributed by atoms with van der Waals surface area (Å²) < 4.78 is 1.94. The highest BCUT2D eigenvalue weighted by Gasteiger charge is 2.18. The predicted molar refractivity (Wildman–Crippen MR) is 106 cm³/mol. The van der Waals surface area contributed by atoms with Gasteiger partial charge in [-0.1, -0.05) is 32.0 Å². The molecule has 2 heterocycles. The Hall–Kier alpha value is -1.92. The van der Waals surface area contributed by atoms with E-state index in [1.807, 2.05) is 28.9 Å². The molecule has 1 aliphatic rings. The van der Waals surface area contributed by atoms with Crippen LogP contribution >= 0.6 is 0 Å². The van der Waals surface area contributed by atoms with Gasteiger partial charge in [-0.3, -0.25) is 14.4 Å². The molecule has 0 aliphatic carbocycles. The lowest BCUT2D eigenvalue weighted by atomic mass is 10.2. The third-order valence-electron chi connectivity index (χ3n) is 5.03. The van der Waals surface area contributed by atoms with Crippen molar-refractivity contribution in [3.63, 3.8) is 0 Å². The number of rotatable bonds is 8. The van der Waals surface area contributed by atoms with Crippen LogP contribution in [-0.4, -0.2) is 71.3 Å². The van der Waals surface area contributed by atoms with Crippen LogP contribution in [0.4, 0.5) is 0 Å². The fraction of sp³-hybridized carbons (Fsp3) is 0.600. The van der Waals surface area contributed by atoms with E-state index in [0.717, 1.165) is 56.6 Å². The molecule has 26 heavy (non-hydrogen) atoms. The van der Waals surface area contributed by atoms with Gasteiger partial charge < -0.3 is 10.2 Å². The number of aromatic nitrogens is 2. The molecule has 142 valence electrons. The molecule has 0 unspecified atom stereocenters. The zero-order chi connectivity index (χ0) is 18.4. The predicted octanol–water partition coefficient (Wildman–Crippen LogP) is 2.20. The molecule has 1 N–H and O–H groups in total. The highest BCUT2D eigenvalue weighted by atomic mass is 16.1. The van der Waals surface area contributed by atoms with E-state index in [2.05, 4.69) is 34.1 Å². The summed E-state index contributed by atoms with van der Waals surface area (Å²) in [5, 5.41) is 8.56. The third kappa shape index (κ3) is 4.43. The number of piperazine rings is 1. The molecular weight excluding hydrogens is 326 g/mol. The smallest absolute Gasteiger partial charge is 0.272 e. The van der Waals surface area contributed by atoms with E-state index in [4.69, 9.17) is 0 Å². The van der Waals surface area contributed by atoms with Crippen molar-refractivity contribution in [2.75, 3.05) is 45.8 Å². The summed E-state index contributed by atoms with van der Waals surface area (Å²) >= 11 is 0. The molecule has 1 amide bonds. The minimum Gasteiger partial charge on any atom is -0.349 e. The number of carbonyl (C=O) groups excluding carboxylic acids is 1. The number of fused-ring (bicyclic) bond motifs is 1. The lowest BCUT2D eigenvalue weighted by Crippen LogP contribution is -2.48. The molecule has 0 radical (unpaired) electrons. The van der Waals surface area contributed by atoms with E-state index in [0.29, 0.717) is 12.2 Å². The van der Waals surface area contributed by atoms with Gasteiger partial charge >= 0.3 is 0 Å². The first-order valence-corrected chi connectivity index (χ1v) is 9.91. The van der Waals surface area contributed by atoms with Crippen LogP contribution in [0.15, 0.2) is 24.3 Å². The van der Waals surface area contributed by atoms with E-state index in [9.17, 15) is 4.79 Å². The van der Waals surface area contributed by atoms with Crippen molar-refractivity contribution in [3.05, 3.63) is 30.0 Å². The maximum Gasteiger partial charge on any atom is 0.272 e. The Bertz CT molecular complexity index is 718. The first-order chi connectivity index (χ1) is 12.7. The molecule has 1 fully saturated rings. The number of hydrogen-bond acceptors (Lipinski definition) is 4. The second-order valence-corrected chi connectivity index (χ2v) is 7.03. The minimum atomic E-state index is -0.0688. The third-order valence-corrected chi connectivity index (χ3v) is 5.03. The second-order valence-electron chi connectivity index (χ2n) is 7.03. The maximum atomic E-state index is 12.6. The van der Waals surface area contributed by atoms with Gasteiger partial charge in [0.1, 0.15) is 0 Å². The van der Waals surface area contributed by atoms with Gasteiger partial charge in [-0.05, 0) is 25.5 Å². The molecule has 1 aliphatic heterocycles. The van der Waals surface area contributed by atoms with Gasteiger partial charge in [0, 0.05) is 51.2 Å². The van der Waals surface area contributed by atoms with Crippen LogP contribution in [0.1, 0.15) is 37.2 Å². The summed E-state index contributed by atoms with van der Waals surface area (Å²) in [7, 11) is 0. The molecule has 3 rings (SSSR count). The number of carbonyl (C=O) groups is 1. The molecule has 0 bridgehead atoms. The Kier molecular flexibility index (Phi) is 6.63. The van der Waals surface area contributed by atoms with Crippen LogP contribution in [0.25, 0.3) is 10.9 Å². The largest absolute Gasteiger partial charge is 0.349 e. The Morgan fingerprint density at radius 1 is 1.00 bits per heavy atom. The molecule has 6 heteroatoms. The Morgan fingerprint density at radius 2 is 1.65 bits per heavy atom. The number of amides is 1. The van der Waals surface area contributed by atoms with Crippen LogP contribution < -0.4 is 5.32 Å². The van der Waals surface area contributed by atoms with Crippen molar-refractivity contribution >= 4 is 16.8 Å². The van der Waals surface area contributed by atoms with Crippen LogP contribution in [-0.2, 0) is 6.54 Å². The van der Waals surface area contributed by atoms with Gasteiger partial charge in [-0.15, -0.1) is 0 Å². The van der Waals surface area contributed by atoms with Crippen molar-refractivity contribution in [3.8, 4) is 0 Å². The van der Waals surface area contributed by atoms with Crippen LogP contribution in [0.3, 0.4) is 0 Å². The highest BCUT2D eigenvalue weighted by molar-refractivity contribution is 6.04. The molecule has 0 saturated carbocycles. The first kappa shape index (κ1) is 18.9. The molecule has 1 saturated heterocycles. The molecule has 2 aromatic rings. The summed E-state index contributed by atoms with van der Waals surface area (Å²) in [4.78, 5) is 17.6. The first-order valence-electron chi connectivity index (χ1n) is 9.91. The standard InChI is InChI=1S/C20H31N5O/c1-3-10-23-13-15-24(16-14-23)12-9-21-20(26)19-17-7-5-6-8-18(17)25(22-19)11-4-2/h5-8H,3-4,9-16H2,1-2H3,(H,21,26). The molecule has 0 atom stereocenters. The lowest BCUT2D eigenvalue weighted by Gasteiger charge is -2.34. The van der Waals surface area contributed by atoms with Gasteiger partial charge in [0.15, 0.2) is 5.69 Å². The van der Waals surface area contributed by atoms with Crippen molar-refractivity contribution in [2.45, 2.75) is 33.2 Å². The lowest BCUT2D eigenvalue weighted by molar-refractivity contribution is 0.0932. The van der Waals surface area contributed by atoms with E-state index in [-0.39, 0.29) is 5.91 Å². The van der Waals surface area contributed by atoms with Gasteiger partial charge in [0.25, 0.3) is 5.91 Å². The van der Waals surface area contributed by atoms with E-state index in [1.165, 1.54) is 13.0 Å². The molecule has 0 spiro atoms. The highest BCUT2D eigenvalue weighted by Crippen LogP contribution is 2.18. The number of nitrogens with one attached hydrogen (secondary N) is 1. The Balaban J connectivity index is 1.54. The van der Waals surface area contributed by atoms with E-state index < -0.39 is 0 Å². The second kappa shape index (κ2) is 9.14. The van der Waals surface area contributed by atoms with Crippen molar-refractivity contribution in [1.29, 1.82) is 0 Å². The molecule has 1 aromatic carbocycles. The Labute approximate surface area is 156 Å². The number of benzene rings is 1. The van der Waals surface area contributed by atoms with Gasteiger partial charge in [0.05, 0.1) is 5.52 Å². The quantitative estimate of drug-likeness (QED) is 0.787. The molecular formula is C20H31N5O. The molecule has 6 nitrogen and oxygen atoms in total. The van der Waals surface area contributed by atoms with E-state index in [1.54, 1.807) is 0 Å². The SMILES string of the molecule is CCCN1CCN(CCNC(=O)c2nn(CCC)c3ccccc23)CC1. The fourth-order valence-corrected chi connectivity index (χ4v) is 3.64. The van der Waals surface area contributed by atoms with Crippen LogP contribution in [0, 0.1) is 0 Å². The topological polar surface area (TPSA) is 53.4 Å². The summed E-state index contributed by atoms with van der Waals surface area (Å²) in [6.07, 6.45) is 2.21. The summed E-state index contributed by atoms with van der Waals surface area (Å²) in [5.74, 6) is -0.0688. The van der Waals surface area contributed by atoms with Crippen molar-refractivity contribution < 1.29 is 4.79 Å².